The van der Waals surface area contributed by atoms with E-state index < -0.39 is 42.4 Å². The van der Waals surface area contributed by atoms with Gasteiger partial charge in [-0.05, 0) is 130 Å². The number of β-amino-alcohol motifs (C(OH)–C–C–N with tert-alkyl or cyclic N) is 2. The number of carbonyl (C=O) groups excluding carboxylic acids is 6. The van der Waals surface area contributed by atoms with Crippen molar-refractivity contribution in [3.8, 4) is 11.1 Å². The molecule has 2 aromatic carbocycles. The average molecular weight is 966 g/mol. The maximum atomic E-state index is 14.5. The van der Waals surface area contributed by atoms with E-state index in [1.54, 1.807) is 14.0 Å². The molecule has 15 nitrogen and oxygen atoms in total. The van der Waals surface area contributed by atoms with E-state index in [0.29, 0.717) is 6.42 Å². The van der Waals surface area contributed by atoms with Gasteiger partial charge in [-0.25, -0.2) is 0 Å². The van der Waals surface area contributed by atoms with Crippen molar-refractivity contribution in [2.24, 2.45) is 17.8 Å². The Morgan fingerprint density at radius 3 is 1.44 bits per heavy atom. The van der Waals surface area contributed by atoms with Gasteiger partial charge in [0.15, 0.2) is 0 Å². The number of nitrogens with one attached hydrogen (secondary N) is 5. The summed E-state index contributed by atoms with van der Waals surface area (Å²) in [5.41, 5.74) is 6.52. The molecular formula is C55H79N7O8. The first-order valence-electron chi connectivity index (χ1n) is 26.9. The molecule has 10 atom stereocenters. The fourth-order valence-electron chi connectivity index (χ4n) is 12.6. The summed E-state index contributed by atoms with van der Waals surface area (Å²) < 4.78 is 0. The van der Waals surface area contributed by atoms with Crippen LogP contribution in [0.25, 0.3) is 11.1 Å². The molecule has 8 rings (SSSR count). The van der Waals surface area contributed by atoms with Crippen molar-refractivity contribution in [2.45, 2.75) is 197 Å². The summed E-state index contributed by atoms with van der Waals surface area (Å²) in [5.74, 6) is -1.94. The topological polar surface area (TPSA) is 210 Å². The Kier molecular flexibility index (Phi) is 17.0. The first kappa shape index (κ1) is 51.5. The highest BCUT2D eigenvalue weighted by Crippen LogP contribution is 2.42. The Labute approximate surface area is 414 Å². The first-order valence-corrected chi connectivity index (χ1v) is 26.9. The number of amides is 6. The normalized spacial score (nSPS) is 26.8. The fraction of sp³-hybridized carbons (Fsp3) is 0.673. The third-order valence-corrected chi connectivity index (χ3v) is 16.9. The van der Waals surface area contributed by atoms with Gasteiger partial charge >= 0.3 is 0 Å². The average Bonchev–Trinajstić information content (AvgIpc) is 3.99. The second-order valence-corrected chi connectivity index (χ2v) is 21.5. The van der Waals surface area contributed by atoms with Crippen LogP contribution in [0.4, 0.5) is 0 Å². The molecule has 15 heteroatoms. The van der Waals surface area contributed by atoms with Crippen LogP contribution < -0.4 is 26.6 Å². The van der Waals surface area contributed by atoms with E-state index in [-0.39, 0.29) is 91.2 Å². The number of likely N-dealkylation sites (N-methyl/N-ethyl adjacent to an activating group) is 1. The largest absolute Gasteiger partial charge is 0.391 e. The Balaban J connectivity index is 0.987. The third-order valence-electron chi connectivity index (χ3n) is 16.9. The summed E-state index contributed by atoms with van der Waals surface area (Å²) in [6.45, 7) is 5.63. The van der Waals surface area contributed by atoms with Gasteiger partial charge < -0.3 is 46.6 Å². The molecule has 2 saturated carbocycles. The lowest BCUT2D eigenvalue weighted by atomic mass is 9.78. The van der Waals surface area contributed by atoms with E-state index in [1.165, 1.54) is 9.80 Å². The highest BCUT2D eigenvalue weighted by molar-refractivity contribution is 5.95. The number of hydrogen-bond donors (Lipinski definition) is 7. The van der Waals surface area contributed by atoms with E-state index in [2.05, 4.69) is 50.8 Å². The molecule has 0 bridgehead atoms. The molecular weight excluding hydrogens is 887 g/mol. The quantitative estimate of drug-likeness (QED) is 0.127. The molecule has 6 aliphatic rings. The van der Waals surface area contributed by atoms with E-state index in [4.69, 9.17) is 0 Å². The van der Waals surface area contributed by atoms with Crippen molar-refractivity contribution in [2.75, 3.05) is 20.1 Å². The van der Waals surface area contributed by atoms with Gasteiger partial charge in [-0.1, -0.05) is 88.8 Å². The van der Waals surface area contributed by atoms with Gasteiger partial charge in [0, 0.05) is 31.8 Å². The molecule has 2 heterocycles. The van der Waals surface area contributed by atoms with E-state index in [9.17, 15) is 39.0 Å². The maximum absolute atomic E-state index is 14.5. The molecule has 0 radical (unpaired) electrons. The van der Waals surface area contributed by atoms with Crippen molar-refractivity contribution in [3.63, 3.8) is 0 Å². The lowest BCUT2D eigenvalue weighted by molar-refractivity contribution is -0.143. The van der Waals surface area contributed by atoms with Gasteiger partial charge in [-0.2, -0.15) is 0 Å². The predicted octanol–water partition coefficient (Wildman–Crippen LogP) is 5.05. The Hall–Kier alpha value is -4.86. The zero-order chi connectivity index (χ0) is 49.6. The number of rotatable bonds is 15. The Morgan fingerprint density at radius 1 is 0.600 bits per heavy atom. The van der Waals surface area contributed by atoms with Crippen molar-refractivity contribution in [1.82, 2.24) is 36.4 Å². The predicted molar refractivity (Wildman–Crippen MR) is 267 cm³/mol. The van der Waals surface area contributed by atoms with Gasteiger partial charge in [0.1, 0.15) is 24.2 Å². The molecule has 2 aliphatic heterocycles. The summed E-state index contributed by atoms with van der Waals surface area (Å²) in [4.78, 5) is 87.1. The Morgan fingerprint density at radius 2 is 1.03 bits per heavy atom. The van der Waals surface area contributed by atoms with Crippen LogP contribution in [0.15, 0.2) is 36.4 Å². The summed E-state index contributed by atoms with van der Waals surface area (Å²) in [5, 5.41) is 37.6. The Bertz CT molecular complexity index is 2070. The van der Waals surface area contributed by atoms with Gasteiger partial charge in [-0.3, -0.25) is 28.8 Å². The molecule has 4 fully saturated rings. The molecule has 2 saturated heterocycles. The molecule has 0 spiro atoms. The second-order valence-electron chi connectivity index (χ2n) is 21.5. The summed E-state index contributed by atoms with van der Waals surface area (Å²) in [6, 6.07) is 8.12. The smallest absolute Gasteiger partial charge is 0.246 e. The number of likely N-dealkylation sites (tertiary alicyclic amines) is 2. The lowest BCUT2D eigenvalue weighted by Crippen LogP contribution is -2.58. The lowest BCUT2D eigenvalue weighted by Gasteiger charge is -2.36. The van der Waals surface area contributed by atoms with Crippen LogP contribution in [-0.4, -0.2) is 118 Å². The highest BCUT2D eigenvalue weighted by atomic mass is 16.3. The van der Waals surface area contributed by atoms with Gasteiger partial charge in [0.2, 0.25) is 35.4 Å². The number of hydrogen-bond acceptors (Lipinski definition) is 9. The van der Waals surface area contributed by atoms with E-state index in [0.717, 1.165) is 136 Å². The monoisotopic (exact) mass is 966 g/mol. The van der Waals surface area contributed by atoms with Crippen LogP contribution in [-0.2, 0) is 41.6 Å². The molecule has 7 N–H and O–H groups in total. The molecule has 70 heavy (non-hydrogen) atoms. The molecule has 4 aliphatic carbocycles. The second kappa shape index (κ2) is 23.1. The standard InChI is InChI=1S/C55H79N7O8/c1-5-32(2)50(65)59-48(34-16-8-6-9-17-34)54(69)61-30-36(63)28-46(61)52(67)57-44-26-14-22-40-38(20-12-24-42(40)44)39-21-13-25-43-41(39)23-15-27-45(43)58-53(68)47-29-37(64)31-62(47)55(70)49(35-18-10-7-11-19-35)60-51(66)33(3)56-4/h12-13,20-21,24-25,32-37,44-49,56,63-64H,5-11,14-19,22-23,26-31H2,1-4H3,(H,57,67)(H,58,68)(H,59,65)(H,60,66)/t32-,33+,36+,37+,44-,45-,46+,47+,48+,49+/m1/s1. The van der Waals surface area contributed by atoms with Crippen LogP contribution >= 0.6 is 0 Å². The first-order chi connectivity index (χ1) is 33.8. The van der Waals surface area contributed by atoms with Crippen LogP contribution in [0.1, 0.15) is 164 Å². The fourth-order valence-corrected chi connectivity index (χ4v) is 12.6. The van der Waals surface area contributed by atoms with Crippen molar-refractivity contribution in [1.29, 1.82) is 0 Å². The van der Waals surface area contributed by atoms with Gasteiger partial charge in [0.25, 0.3) is 0 Å². The van der Waals surface area contributed by atoms with E-state index in [1.807, 2.05) is 26.0 Å². The summed E-state index contributed by atoms with van der Waals surface area (Å²) in [7, 11) is 1.70. The zero-order valence-electron chi connectivity index (χ0n) is 42.0. The molecule has 0 unspecified atom stereocenters. The summed E-state index contributed by atoms with van der Waals surface area (Å²) in [6.07, 6.45) is 13.3. The number of aliphatic hydroxyl groups excluding tert-OH is 2. The maximum Gasteiger partial charge on any atom is 0.246 e. The molecule has 382 valence electrons. The number of nitrogens with zero attached hydrogens (tertiary/aromatic N) is 2. The number of fused-ring (bicyclic) bond motifs is 2. The molecule has 6 amide bonds. The molecule has 0 aromatic heterocycles. The van der Waals surface area contributed by atoms with Crippen LogP contribution in [0.3, 0.4) is 0 Å². The van der Waals surface area contributed by atoms with Crippen molar-refractivity contribution < 1.29 is 39.0 Å². The van der Waals surface area contributed by atoms with Crippen molar-refractivity contribution in [3.05, 3.63) is 58.7 Å². The number of benzene rings is 2. The third kappa shape index (κ3) is 11.3. The van der Waals surface area contributed by atoms with Crippen LogP contribution in [0.2, 0.25) is 0 Å². The van der Waals surface area contributed by atoms with Crippen molar-refractivity contribution >= 4 is 35.4 Å². The summed E-state index contributed by atoms with van der Waals surface area (Å²) >= 11 is 0. The van der Waals surface area contributed by atoms with Crippen LogP contribution in [0, 0.1) is 17.8 Å². The molecule has 2 aromatic rings. The number of aliphatic hydroxyl groups is 2. The highest BCUT2D eigenvalue weighted by Gasteiger charge is 2.46. The van der Waals surface area contributed by atoms with Gasteiger partial charge in [0.05, 0.1) is 30.3 Å². The minimum absolute atomic E-state index is 0.0186. The zero-order valence-corrected chi connectivity index (χ0v) is 42.0. The van der Waals surface area contributed by atoms with Gasteiger partial charge in [-0.15, -0.1) is 0 Å². The minimum atomic E-state index is -0.874. The number of carbonyl (C=O) groups is 6. The van der Waals surface area contributed by atoms with Crippen LogP contribution in [0.5, 0.6) is 0 Å². The van der Waals surface area contributed by atoms with E-state index >= 15 is 0 Å². The minimum Gasteiger partial charge on any atom is -0.391 e. The SMILES string of the molecule is CC[C@@H](C)C(=O)N[C@H](C(=O)N1C[C@@H](O)C[C@H]1C(=O)N[C@@H]1CCCc2c(-c3cccc4c3CCC[C@H]4NC(=O)[C@@H]3C[C@H](O)CN3C(=O)[C@@H](NC(=O)[C@H](C)NC)C3CCCCC3)cccc21)C1CCCCC1.